The van der Waals surface area contributed by atoms with Gasteiger partial charge in [-0.1, -0.05) is 58.4 Å². The van der Waals surface area contributed by atoms with Crippen LogP contribution in [0.2, 0.25) is 0 Å². The van der Waals surface area contributed by atoms with E-state index in [9.17, 15) is 0 Å². The third-order valence-corrected chi connectivity index (χ3v) is 5.17. The summed E-state index contributed by atoms with van der Waals surface area (Å²) in [5.74, 6) is 1.45. The molecule has 4 rings (SSSR count). The first-order chi connectivity index (χ1) is 14.2. The molecule has 0 aliphatic heterocycles. The molecule has 1 aromatic heterocycles. The molecule has 0 aliphatic carbocycles. The van der Waals surface area contributed by atoms with E-state index in [1.54, 1.807) is 10.9 Å². The van der Waals surface area contributed by atoms with Gasteiger partial charge in [-0.2, -0.15) is 14.9 Å². The quantitative estimate of drug-likeness (QED) is 0.288. The second-order valence-corrected chi connectivity index (χ2v) is 7.47. The van der Waals surface area contributed by atoms with E-state index in [1.165, 1.54) is 0 Å². The van der Waals surface area contributed by atoms with Crippen molar-refractivity contribution in [2.75, 3.05) is 0 Å². The summed E-state index contributed by atoms with van der Waals surface area (Å²) in [7, 11) is 0. The van der Waals surface area contributed by atoms with Crippen molar-refractivity contribution in [2.45, 2.75) is 6.61 Å². The van der Waals surface area contributed by atoms with Gasteiger partial charge < -0.3 is 4.74 Å². The van der Waals surface area contributed by atoms with E-state index in [4.69, 9.17) is 17.0 Å². The molecule has 0 unspecified atom stereocenters. The van der Waals surface area contributed by atoms with Crippen LogP contribution in [0.1, 0.15) is 11.1 Å². The standard InChI is InChI=1S/C22H17BrN4OS/c23-20-9-5-4-8-19(20)21-25-26-22(29)27(21)24-14-16-10-12-18(13-11-16)28-15-17-6-2-1-3-7-17/h1-14H,15H2,(H,26,29). The smallest absolute Gasteiger partial charge is 0.216 e. The number of hydrogen-bond acceptors (Lipinski definition) is 4. The largest absolute Gasteiger partial charge is 0.489 e. The number of aromatic amines is 1. The Morgan fingerprint density at radius 2 is 1.72 bits per heavy atom. The van der Waals surface area contributed by atoms with Gasteiger partial charge in [0.2, 0.25) is 4.77 Å². The topological polar surface area (TPSA) is 55.2 Å². The van der Waals surface area contributed by atoms with Gasteiger partial charge >= 0.3 is 0 Å². The summed E-state index contributed by atoms with van der Waals surface area (Å²) >= 11 is 8.87. The summed E-state index contributed by atoms with van der Waals surface area (Å²) in [6.45, 7) is 0.535. The maximum absolute atomic E-state index is 5.82. The molecule has 0 saturated heterocycles. The molecule has 0 spiro atoms. The van der Waals surface area contributed by atoms with Crippen LogP contribution in [0.25, 0.3) is 11.4 Å². The fourth-order valence-corrected chi connectivity index (χ4v) is 3.37. The highest BCUT2D eigenvalue weighted by atomic mass is 79.9. The number of halogens is 1. The van der Waals surface area contributed by atoms with E-state index in [-0.39, 0.29) is 0 Å². The van der Waals surface area contributed by atoms with Crippen molar-refractivity contribution in [3.05, 3.63) is 99.2 Å². The average molecular weight is 465 g/mol. The molecule has 0 radical (unpaired) electrons. The van der Waals surface area contributed by atoms with E-state index in [0.29, 0.717) is 17.2 Å². The Balaban J connectivity index is 1.49. The number of nitrogens with zero attached hydrogens (tertiary/aromatic N) is 3. The third-order valence-electron chi connectivity index (χ3n) is 4.22. The third kappa shape index (κ3) is 4.70. The van der Waals surface area contributed by atoms with Gasteiger partial charge in [-0.05, 0) is 59.7 Å². The molecular weight excluding hydrogens is 448 g/mol. The molecule has 7 heteroatoms. The van der Waals surface area contributed by atoms with Gasteiger partial charge in [0, 0.05) is 10.0 Å². The zero-order valence-corrected chi connectivity index (χ0v) is 17.7. The first kappa shape index (κ1) is 19.3. The molecule has 3 aromatic carbocycles. The monoisotopic (exact) mass is 464 g/mol. The zero-order valence-electron chi connectivity index (χ0n) is 15.3. The minimum absolute atomic E-state index is 0.426. The highest BCUT2D eigenvalue weighted by molar-refractivity contribution is 9.10. The van der Waals surface area contributed by atoms with E-state index < -0.39 is 0 Å². The molecular formula is C22H17BrN4OS. The molecule has 1 heterocycles. The van der Waals surface area contributed by atoms with Crippen LogP contribution in [0, 0.1) is 4.77 Å². The lowest BCUT2D eigenvalue weighted by Crippen LogP contribution is -1.96. The Morgan fingerprint density at radius 1 is 1.00 bits per heavy atom. The molecule has 144 valence electrons. The van der Waals surface area contributed by atoms with Gasteiger partial charge in [0.15, 0.2) is 5.82 Å². The van der Waals surface area contributed by atoms with Crippen molar-refractivity contribution in [3.8, 4) is 17.1 Å². The molecule has 5 nitrogen and oxygen atoms in total. The van der Waals surface area contributed by atoms with Crippen LogP contribution < -0.4 is 4.74 Å². The van der Waals surface area contributed by atoms with Gasteiger partial charge in [-0.3, -0.25) is 0 Å². The number of nitrogens with one attached hydrogen (secondary N) is 1. The van der Waals surface area contributed by atoms with Gasteiger partial charge in [0.05, 0.1) is 6.21 Å². The summed E-state index contributed by atoms with van der Waals surface area (Å²) in [5.41, 5.74) is 2.96. The van der Waals surface area contributed by atoms with Crippen molar-refractivity contribution in [1.29, 1.82) is 0 Å². The minimum atomic E-state index is 0.426. The molecule has 29 heavy (non-hydrogen) atoms. The summed E-state index contributed by atoms with van der Waals surface area (Å²) in [5, 5.41) is 11.6. The normalized spacial score (nSPS) is 11.1. The van der Waals surface area contributed by atoms with E-state index in [2.05, 4.69) is 31.2 Å². The fraction of sp³-hybridized carbons (Fsp3) is 0.0455. The molecule has 0 amide bonds. The number of rotatable bonds is 6. The van der Waals surface area contributed by atoms with E-state index >= 15 is 0 Å². The predicted molar refractivity (Wildman–Crippen MR) is 121 cm³/mol. The lowest BCUT2D eigenvalue weighted by Gasteiger charge is -2.06. The molecule has 0 saturated carbocycles. The SMILES string of the molecule is S=c1[nH]nc(-c2ccccc2Br)n1N=Cc1ccc(OCc2ccccc2)cc1. The molecule has 0 fully saturated rings. The first-order valence-electron chi connectivity index (χ1n) is 8.94. The van der Waals surface area contributed by atoms with E-state index in [1.807, 2.05) is 78.9 Å². The van der Waals surface area contributed by atoms with Crippen LogP contribution in [0.5, 0.6) is 5.75 Å². The van der Waals surface area contributed by atoms with Crippen LogP contribution in [-0.2, 0) is 6.61 Å². The van der Waals surface area contributed by atoms with Gasteiger partial charge in [-0.25, -0.2) is 5.10 Å². The Kier molecular flexibility index (Phi) is 5.97. The maximum Gasteiger partial charge on any atom is 0.216 e. The van der Waals surface area contributed by atoms with Gasteiger partial charge in [0.25, 0.3) is 0 Å². The number of H-pyrrole nitrogens is 1. The lowest BCUT2D eigenvalue weighted by atomic mass is 10.2. The van der Waals surface area contributed by atoms with E-state index in [0.717, 1.165) is 26.9 Å². The molecule has 1 N–H and O–H groups in total. The summed E-state index contributed by atoms with van der Waals surface area (Å²) in [4.78, 5) is 0. The lowest BCUT2D eigenvalue weighted by molar-refractivity contribution is 0.306. The van der Waals surface area contributed by atoms with Crippen molar-refractivity contribution in [3.63, 3.8) is 0 Å². The van der Waals surface area contributed by atoms with Crippen LogP contribution in [0.3, 0.4) is 0 Å². The van der Waals surface area contributed by atoms with Crippen molar-refractivity contribution < 1.29 is 4.74 Å². The molecule has 0 aliphatic rings. The van der Waals surface area contributed by atoms with Crippen molar-refractivity contribution in [2.24, 2.45) is 5.10 Å². The first-order valence-corrected chi connectivity index (χ1v) is 10.1. The number of ether oxygens (including phenoxy) is 1. The van der Waals surface area contributed by atoms with Crippen LogP contribution in [0.15, 0.2) is 88.4 Å². The second-order valence-electron chi connectivity index (χ2n) is 6.23. The van der Waals surface area contributed by atoms with Crippen LogP contribution in [0.4, 0.5) is 0 Å². The number of benzene rings is 3. The Labute approximate surface area is 181 Å². The molecule has 0 bridgehead atoms. The fourth-order valence-electron chi connectivity index (χ4n) is 2.73. The predicted octanol–water partition coefficient (Wildman–Crippen LogP) is 5.83. The zero-order chi connectivity index (χ0) is 20.1. The molecule has 4 aromatic rings. The second kappa shape index (κ2) is 8.98. The summed E-state index contributed by atoms with van der Waals surface area (Å²) < 4.78 is 8.77. The summed E-state index contributed by atoms with van der Waals surface area (Å²) in [6, 6.07) is 25.6. The minimum Gasteiger partial charge on any atom is -0.489 e. The van der Waals surface area contributed by atoms with Crippen molar-refractivity contribution in [1.82, 2.24) is 14.9 Å². The van der Waals surface area contributed by atoms with Gasteiger partial charge in [-0.15, -0.1) is 0 Å². The Hall–Kier alpha value is -3.03. The van der Waals surface area contributed by atoms with Crippen LogP contribution in [-0.4, -0.2) is 21.1 Å². The highest BCUT2D eigenvalue weighted by Crippen LogP contribution is 2.26. The maximum atomic E-state index is 5.82. The number of aromatic nitrogens is 3. The Bertz CT molecular complexity index is 1180. The van der Waals surface area contributed by atoms with Crippen molar-refractivity contribution >= 4 is 34.4 Å². The number of hydrogen-bond donors (Lipinski definition) is 1. The average Bonchev–Trinajstić information content (AvgIpc) is 3.13. The Morgan fingerprint density at radius 3 is 2.48 bits per heavy atom. The molecule has 0 atom stereocenters. The van der Waals surface area contributed by atoms with Gasteiger partial charge in [0.1, 0.15) is 12.4 Å². The van der Waals surface area contributed by atoms with Crippen LogP contribution >= 0.6 is 28.1 Å². The summed E-state index contributed by atoms with van der Waals surface area (Å²) in [6.07, 6.45) is 1.74. The highest BCUT2D eigenvalue weighted by Gasteiger charge is 2.10.